The summed E-state index contributed by atoms with van der Waals surface area (Å²) < 4.78 is 5.48. The number of nitro groups is 1. The van der Waals surface area contributed by atoms with Crippen LogP contribution in [0.4, 0.5) is 5.69 Å². The Balaban J connectivity index is 2.54. The molecule has 1 rings (SSSR count). The minimum atomic E-state index is -0.564. The van der Waals surface area contributed by atoms with Crippen LogP contribution in [0.3, 0.4) is 0 Å². The highest BCUT2D eigenvalue weighted by molar-refractivity contribution is 6.37. The standard InChI is InChI=1S/C14H16Cl2N2O3/c1-14(2,9-17)5-3-4-6-21-13-11(15)7-10(18(19)20)8-12(13)16/h7-8H,3-6H2,1-2H3. The lowest BCUT2D eigenvalue weighted by molar-refractivity contribution is -0.384. The van der Waals surface area contributed by atoms with Gasteiger partial charge in [-0.1, -0.05) is 23.2 Å². The van der Waals surface area contributed by atoms with Gasteiger partial charge in [-0.05, 0) is 33.1 Å². The monoisotopic (exact) mass is 330 g/mol. The molecule has 0 spiro atoms. The Morgan fingerprint density at radius 2 is 1.90 bits per heavy atom. The predicted molar refractivity (Wildman–Crippen MR) is 81.9 cm³/mol. The normalized spacial score (nSPS) is 11.0. The van der Waals surface area contributed by atoms with E-state index in [-0.39, 0.29) is 26.9 Å². The van der Waals surface area contributed by atoms with E-state index in [1.807, 2.05) is 13.8 Å². The molecule has 0 saturated heterocycles. The SMILES string of the molecule is CC(C)(C#N)CCCCOc1c(Cl)cc([N+](=O)[O-])cc1Cl. The fraction of sp³-hybridized carbons (Fsp3) is 0.500. The van der Waals surface area contributed by atoms with Crippen molar-refractivity contribution in [1.29, 1.82) is 5.26 Å². The van der Waals surface area contributed by atoms with Crippen molar-refractivity contribution in [3.63, 3.8) is 0 Å². The van der Waals surface area contributed by atoms with E-state index in [0.717, 1.165) is 19.3 Å². The molecule has 0 aromatic heterocycles. The highest BCUT2D eigenvalue weighted by Crippen LogP contribution is 2.36. The first-order valence-electron chi connectivity index (χ1n) is 6.44. The number of nitrogens with zero attached hydrogens (tertiary/aromatic N) is 2. The Bertz CT molecular complexity index is 545. The van der Waals surface area contributed by atoms with Crippen LogP contribution in [-0.4, -0.2) is 11.5 Å². The van der Waals surface area contributed by atoms with E-state index in [0.29, 0.717) is 6.61 Å². The van der Waals surface area contributed by atoms with Gasteiger partial charge in [0.25, 0.3) is 5.69 Å². The number of nitro benzene ring substituents is 1. The predicted octanol–water partition coefficient (Wildman–Crippen LogP) is 5.00. The fourth-order valence-corrected chi connectivity index (χ4v) is 2.27. The van der Waals surface area contributed by atoms with Gasteiger partial charge in [0.1, 0.15) is 0 Å². The highest BCUT2D eigenvalue weighted by Gasteiger charge is 2.17. The minimum Gasteiger partial charge on any atom is -0.490 e. The van der Waals surface area contributed by atoms with Crippen LogP contribution in [0, 0.1) is 26.9 Å². The van der Waals surface area contributed by atoms with Gasteiger partial charge in [0.05, 0.1) is 33.1 Å². The first kappa shape index (κ1) is 17.5. The van der Waals surface area contributed by atoms with Crippen LogP contribution in [-0.2, 0) is 0 Å². The summed E-state index contributed by atoms with van der Waals surface area (Å²) in [6.45, 7) is 4.16. The van der Waals surface area contributed by atoms with Crippen LogP contribution in [0.25, 0.3) is 0 Å². The number of unbranched alkanes of at least 4 members (excludes halogenated alkanes) is 1. The molecule has 0 amide bonds. The molecule has 0 unspecified atom stereocenters. The molecule has 0 heterocycles. The Kier molecular flexibility index (Phi) is 6.25. The molecule has 114 valence electrons. The Morgan fingerprint density at radius 3 is 2.38 bits per heavy atom. The highest BCUT2D eigenvalue weighted by atomic mass is 35.5. The van der Waals surface area contributed by atoms with Crippen molar-refractivity contribution in [2.24, 2.45) is 5.41 Å². The van der Waals surface area contributed by atoms with Crippen LogP contribution >= 0.6 is 23.2 Å². The molecule has 0 aliphatic carbocycles. The first-order valence-corrected chi connectivity index (χ1v) is 7.20. The smallest absolute Gasteiger partial charge is 0.272 e. The van der Waals surface area contributed by atoms with Gasteiger partial charge in [-0.15, -0.1) is 0 Å². The van der Waals surface area contributed by atoms with Crippen molar-refractivity contribution in [3.8, 4) is 11.8 Å². The first-order chi connectivity index (χ1) is 9.76. The molecular formula is C14H16Cl2N2O3. The number of hydrogen-bond acceptors (Lipinski definition) is 4. The summed E-state index contributed by atoms with van der Waals surface area (Å²) in [5.41, 5.74) is -0.518. The quantitative estimate of drug-likeness (QED) is 0.400. The molecule has 0 N–H and O–H groups in total. The van der Waals surface area contributed by atoms with E-state index in [1.165, 1.54) is 12.1 Å². The topological polar surface area (TPSA) is 76.2 Å². The number of benzene rings is 1. The molecule has 0 aliphatic rings. The van der Waals surface area contributed by atoms with Gasteiger partial charge < -0.3 is 4.74 Å². The molecule has 7 heteroatoms. The lowest BCUT2D eigenvalue weighted by Crippen LogP contribution is -2.08. The van der Waals surface area contributed by atoms with Crippen molar-refractivity contribution >= 4 is 28.9 Å². The van der Waals surface area contributed by atoms with E-state index >= 15 is 0 Å². The van der Waals surface area contributed by atoms with E-state index in [4.69, 9.17) is 33.2 Å². The van der Waals surface area contributed by atoms with E-state index < -0.39 is 4.92 Å². The van der Waals surface area contributed by atoms with Crippen LogP contribution in [0.5, 0.6) is 5.75 Å². The number of nitriles is 1. The zero-order valence-electron chi connectivity index (χ0n) is 11.9. The van der Waals surface area contributed by atoms with Gasteiger partial charge in [-0.25, -0.2) is 0 Å². The minimum absolute atomic E-state index is 0.117. The summed E-state index contributed by atoms with van der Waals surface area (Å²) in [6, 6.07) is 4.66. The molecule has 0 bridgehead atoms. The maximum Gasteiger partial charge on any atom is 0.272 e. The maximum absolute atomic E-state index is 10.7. The average Bonchev–Trinajstić information content (AvgIpc) is 2.40. The van der Waals surface area contributed by atoms with E-state index in [1.54, 1.807) is 0 Å². The molecule has 0 saturated carbocycles. The van der Waals surface area contributed by atoms with Crippen molar-refractivity contribution in [2.75, 3.05) is 6.61 Å². The molecule has 0 atom stereocenters. The third-order valence-electron chi connectivity index (χ3n) is 2.94. The number of halogens is 2. The second-order valence-corrected chi connectivity index (χ2v) is 6.11. The number of ether oxygens (including phenoxy) is 1. The van der Waals surface area contributed by atoms with Crippen molar-refractivity contribution < 1.29 is 9.66 Å². The number of hydrogen-bond donors (Lipinski definition) is 0. The average molecular weight is 331 g/mol. The number of rotatable bonds is 7. The third kappa shape index (κ3) is 5.41. The molecule has 1 aromatic rings. The summed E-state index contributed by atoms with van der Waals surface area (Å²) >= 11 is 11.9. The Labute approximate surface area is 133 Å². The summed E-state index contributed by atoms with van der Waals surface area (Å²) in [7, 11) is 0. The summed E-state index contributed by atoms with van der Waals surface area (Å²) in [5.74, 6) is 0.253. The molecule has 0 aliphatic heterocycles. The summed E-state index contributed by atoms with van der Waals surface area (Å²) in [5, 5.41) is 19.8. The molecule has 21 heavy (non-hydrogen) atoms. The van der Waals surface area contributed by atoms with Crippen LogP contribution in [0.1, 0.15) is 33.1 Å². The summed E-state index contributed by atoms with van der Waals surface area (Å²) in [6.07, 6.45) is 2.35. The van der Waals surface area contributed by atoms with Crippen molar-refractivity contribution in [1.82, 2.24) is 0 Å². The molecule has 0 radical (unpaired) electrons. The second kappa shape index (κ2) is 7.48. The van der Waals surface area contributed by atoms with Gasteiger partial charge >= 0.3 is 0 Å². The largest absolute Gasteiger partial charge is 0.490 e. The van der Waals surface area contributed by atoms with Crippen molar-refractivity contribution in [3.05, 3.63) is 32.3 Å². The van der Waals surface area contributed by atoms with Gasteiger partial charge in [0.2, 0.25) is 0 Å². The van der Waals surface area contributed by atoms with Gasteiger partial charge in [-0.3, -0.25) is 10.1 Å². The van der Waals surface area contributed by atoms with Crippen molar-refractivity contribution in [2.45, 2.75) is 33.1 Å². The molecule has 1 aromatic carbocycles. The lowest BCUT2D eigenvalue weighted by Gasteiger charge is -2.15. The van der Waals surface area contributed by atoms with E-state index in [9.17, 15) is 10.1 Å². The van der Waals surface area contributed by atoms with Crippen LogP contribution < -0.4 is 4.74 Å². The fourth-order valence-electron chi connectivity index (χ4n) is 1.69. The number of non-ortho nitro benzene ring substituents is 1. The Hall–Kier alpha value is -1.51. The molecule has 5 nitrogen and oxygen atoms in total. The van der Waals surface area contributed by atoms with Crippen LogP contribution in [0.15, 0.2) is 12.1 Å². The van der Waals surface area contributed by atoms with Crippen LogP contribution in [0.2, 0.25) is 10.0 Å². The zero-order chi connectivity index (χ0) is 16.0. The third-order valence-corrected chi connectivity index (χ3v) is 3.50. The van der Waals surface area contributed by atoms with E-state index in [2.05, 4.69) is 6.07 Å². The second-order valence-electron chi connectivity index (χ2n) is 5.30. The maximum atomic E-state index is 10.7. The summed E-state index contributed by atoms with van der Waals surface area (Å²) in [4.78, 5) is 10.1. The van der Waals surface area contributed by atoms with Gasteiger partial charge in [0.15, 0.2) is 5.75 Å². The lowest BCUT2D eigenvalue weighted by atomic mass is 9.89. The molecule has 0 fully saturated rings. The molecular weight excluding hydrogens is 315 g/mol. The van der Waals surface area contributed by atoms with Gasteiger partial charge in [-0.2, -0.15) is 5.26 Å². The Morgan fingerprint density at radius 1 is 1.33 bits per heavy atom. The zero-order valence-corrected chi connectivity index (χ0v) is 13.4. The van der Waals surface area contributed by atoms with Gasteiger partial charge in [0, 0.05) is 12.1 Å².